The van der Waals surface area contributed by atoms with Gasteiger partial charge in [-0.2, -0.15) is 0 Å². The van der Waals surface area contributed by atoms with E-state index in [0.717, 1.165) is 0 Å². The minimum atomic E-state index is -0.297. The minimum Gasteiger partial charge on any atom is -0.394 e. The summed E-state index contributed by atoms with van der Waals surface area (Å²) in [6, 6.07) is 0. The topological polar surface area (TPSA) is 57.2 Å². The van der Waals surface area contributed by atoms with Crippen molar-refractivity contribution < 1.29 is 24.1 Å². The molecule has 0 amide bonds. The number of methoxy groups -OCH3 is 1. The zero-order valence-electron chi connectivity index (χ0n) is 7.06. The van der Waals surface area contributed by atoms with E-state index in [1.54, 1.807) is 7.11 Å². The summed E-state index contributed by atoms with van der Waals surface area (Å²) in [5.74, 6) is 0. The van der Waals surface area contributed by atoms with Gasteiger partial charge < -0.3 is 24.1 Å². The molecule has 5 nitrogen and oxygen atoms in total. The summed E-state index contributed by atoms with van der Waals surface area (Å²) >= 11 is 0. The van der Waals surface area contributed by atoms with Crippen LogP contribution in [0.4, 0.5) is 0 Å². The first kappa shape index (κ1) is 9.88. The van der Waals surface area contributed by atoms with Crippen molar-refractivity contribution >= 4 is 0 Å². The van der Waals surface area contributed by atoms with Gasteiger partial charge in [0.1, 0.15) is 25.8 Å². The molecule has 1 rings (SSSR count). The first-order chi connectivity index (χ1) is 5.88. The molecule has 1 heterocycles. The maximum absolute atomic E-state index is 8.86. The van der Waals surface area contributed by atoms with E-state index in [0.29, 0.717) is 6.61 Å². The van der Waals surface area contributed by atoms with Crippen LogP contribution in [0.2, 0.25) is 0 Å². The third kappa shape index (κ3) is 2.69. The van der Waals surface area contributed by atoms with Gasteiger partial charge in [0.25, 0.3) is 0 Å². The Hall–Kier alpha value is -0.200. The maximum atomic E-state index is 8.86. The van der Waals surface area contributed by atoms with E-state index in [9.17, 15) is 0 Å². The number of hydrogen-bond donors (Lipinski definition) is 1. The highest BCUT2D eigenvalue weighted by atomic mass is 16.7. The van der Waals surface area contributed by atoms with Crippen molar-refractivity contribution in [2.45, 2.75) is 12.2 Å². The molecular formula is C7H14O5. The van der Waals surface area contributed by atoms with Gasteiger partial charge in [-0.25, -0.2) is 0 Å². The van der Waals surface area contributed by atoms with Crippen molar-refractivity contribution in [1.29, 1.82) is 0 Å². The van der Waals surface area contributed by atoms with Gasteiger partial charge in [-0.05, 0) is 0 Å². The summed E-state index contributed by atoms with van der Waals surface area (Å²) in [7, 11) is 1.54. The van der Waals surface area contributed by atoms with E-state index in [2.05, 4.69) is 0 Å². The normalized spacial score (nSPS) is 30.5. The Balaban J connectivity index is 2.26. The van der Waals surface area contributed by atoms with Crippen molar-refractivity contribution in [3.05, 3.63) is 0 Å². The summed E-state index contributed by atoms with van der Waals surface area (Å²) in [5, 5.41) is 8.86. The first-order valence-corrected chi connectivity index (χ1v) is 3.79. The van der Waals surface area contributed by atoms with E-state index in [4.69, 9.17) is 24.1 Å². The highest BCUT2D eigenvalue weighted by molar-refractivity contribution is 4.71. The van der Waals surface area contributed by atoms with Gasteiger partial charge in [0, 0.05) is 7.11 Å². The van der Waals surface area contributed by atoms with Crippen molar-refractivity contribution in [2.75, 3.05) is 33.9 Å². The Bertz CT molecular complexity index is 118. The summed E-state index contributed by atoms with van der Waals surface area (Å²) in [6.45, 7) is 0.790. The molecule has 72 valence electrons. The Morgan fingerprint density at radius 3 is 3.08 bits per heavy atom. The third-order valence-electron chi connectivity index (χ3n) is 1.64. The van der Waals surface area contributed by atoms with E-state index >= 15 is 0 Å². The zero-order chi connectivity index (χ0) is 8.81. The molecule has 1 aliphatic heterocycles. The van der Waals surface area contributed by atoms with Crippen LogP contribution in [0.5, 0.6) is 0 Å². The summed E-state index contributed by atoms with van der Waals surface area (Å²) in [4.78, 5) is 0. The SMILES string of the molecule is COCO[C@H]1COCO[C@H]1CO. The first-order valence-electron chi connectivity index (χ1n) is 3.79. The van der Waals surface area contributed by atoms with Gasteiger partial charge in [-0.3, -0.25) is 0 Å². The molecule has 0 aliphatic carbocycles. The molecule has 0 unspecified atom stereocenters. The fourth-order valence-corrected chi connectivity index (χ4v) is 0.996. The Kier molecular flexibility index (Phi) is 4.49. The van der Waals surface area contributed by atoms with Crippen LogP contribution >= 0.6 is 0 Å². The van der Waals surface area contributed by atoms with Crippen LogP contribution in [0.15, 0.2) is 0 Å². The second-order valence-corrected chi connectivity index (χ2v) is 2.49. The van der Waals surface area contributed by atoms with Crippen molar-refractivity contribution in [1.82, 2.24) is 0 Å². The zero-order valence-corrected chi connectivity index (χ0v) is 7.06. The molecule has 1 aliphatic rings. The fourth-order valence-electron chi connectivity index (χ4n) is 0.996. The summed E-state index contributed by atoms with van der Waals surface area (Å²) in [6.07, 6.45) is -0.530. The second kappa shape index (κ2) is 5.45. The quantitative estimate of drug-likeness (QED) is 0.579. The lowest BCUT2D eigenvalue weighted by atomic mass is 10.2. The number of rotatable bonds is 4. The Morgan fingerprint density at radius 1 is 1.58 bits per heavy atom. The molecule has 1 saturated heterocycles. The van der Waals surface area contributed by atoms with Gasteiger partial charge in [0.15, 0.2) is 0 Å². The Morgan fingerprint density at radius 2 is 2.42 bits per heavy atom. The smallest absolute Gasteiger partial charge is 0.147 e. The molecule has 5 heteroatoms. The van der Waals surface area contributed by atoms with Crippen LogP contribution in [0.3, 0.4) is 0 Å². The van der Waals surface area contributed by atoms with Gasteiger partial charge in [-0.1, -0.05) is 0 Å². The molecule has 0 aromatic heterocycles. The van der Waals surface area contributed by atoms with Gasteiger partial charge in [0.05, 0.1) is 13.2 Å². The second-order valence-electron chi connectivity index (χ2n) is 2.49. The van der Waals surface area contributed by atoms with E-state index < -0.39 is 0 Å². The van der Waals surface area contributed by atoms with E-state index in [-0.39, 0.29) is 32.4 Å². The molecule has 1 N–H and O–H groups in total. The third-order valence-corrected chi connectivity index (χ3v) is 1.64. The monoisotopic (exact) mass is 178 g/mol. The summed E-state index contributed by atoms with van der Waals surface area (Å²) < 4.78 is 20.0. The molecule has 0 aromatic rings. The maximum Gasteiger partial charge on any atom is 0.147 e. The highest BCUT2D eigenvalue weighted by Crippen LogP contribution is 2.10. The van der Waals surface area contributed by atoms with Crippen LogP contribution in [-0.4, -0.2) is 51.2 Å². The number of ether oxygens (including phenoxy) is 4. The molecule has 0 aromatic carbocycles. The van der Waals surface area contributed by atoms with Crippen LogP contribution in [0.25, 0.3) is 0 Å². The minimum absolute atomic E-state index is 0.0578. The lowest BCUT2D eigenvalue weighted by Crippen LogP contribution is -2.43. The molecule has 0 bridgehead atoms. The van der Waals surface area contributed by atoms with Gasteiger partial charge in [-0.15, -0.1) is 0 Å². The lowest BCUT2D eigenvalue weighted by molar-refractivity contribution is -0.232. The standard InChI is InChI=1S/C7H14O5/c1-9-4-11-7-3-10-5-12-6(7)2-8/h6-8H,2-5H2,1H3/t6-,7-/m0/s1. The molecule has 0 saturated carbocycles. The fraction of sp³-hybridized carbons (Fsp3) is 1.00. The molecule has 1 fully saturated rings. The van der Waals surface area contributed by atoms with Crippen LogP contribution in [-0.2, 0) is 18.9 Å². The predicted molar refractivity (Wildman–Crippen MR) is 39.5 cm³/mol. The average Bonchev–Trinajstić information content (AvgIpc) is 2.15. The van der Waals surface area contributed by atoms with E-state index in [1.807, 2.05) is 0 Å². The average molecular weight is 178 g/mol. The van der Waals surface area contributed by atoms with Gasteiger partial charge in [0.2, 0.25) is 0 Å². The Labute approximate surface area is 71.2 Å². The van der Waals surface area contributed by atoms with Crippen LogP contribution in [0.1, 0.15) is 0 Å². The highest BCUT2D eigenvalue weighted by Gasteiger charge is 2.26. The van der Waals surface area contributed by atoms with Crippen molar-refractivity contribution in [2.24, 2.45) is 0 Å². The largest absolute Gasteiger partial charge is 0.394 e. The predicted octanol–water partition coefficient (Wildman–Crippen LogP) is -0.659. The van der Waals surface area contributed by atoms with E-state index in [1.165, 1.54) is 0 Å². The van der Waals surface area contributed by atoms with Crippen molar-refractivity contribution in [3.8, 4) is 0 Å². The van der Waals surface area contributed by atoms with Crippen LogP contribution in [0, 0.1) is 0 Å². The molecule has 12 heavy (non-hydrogen) atoms. The molecular weight excluding hydrogens is 164 g/mol. The molecule has 0 radical (unpaired) electrons. The van der Waals surface area contributed by atoms with Gasteiger partial charge >= 0.3 is 0 Å². The molecule has 0 spiro atoms. The number of aliphatic hydroxyl groups is 1. The number of aliphatic hydroxyl groups excluding tert-OH is 1. The summed E-state index contributed by atoms with van der Waals surface area (Å²) in [5.41, 5.74) is 0. The van der Waals surface area contributed by atoms with Crippen LogP contribution < -0.4 is 0 Å². The molecule has 2 atom stereocenters. The lowest BCUT2D eigenvalue weighted by Gasteiger charge is -2.29. The van der Waals surface area contributed by atoms with Crippen molar-refractivity contribution in [3.63, 3.8) is 0 Å². The number of hydrogen-bond acceptors (Lipinski definition) is 5.